The minimum atomic E-state index is 0.0114. The molecule has 1 unspecified atom stereocenters. The molecular formula is C13H18BrCl2NO2. The van der Waals surface area contributed by atoms with E-state index in [2.05, 4.69) is 21.2 Å². The van der Waals surface area contributed by atoms with Crippen molar-refractivity contribution in [3.05, 3.63) is 26.7 Å². The van der Waals surface area contributed by atoms with E-state index < -0.39 is 0 Å². The summed E-state index contributed by atoms with van der Waals surface area (Å²) in [6, 6.07) is 3.45. The summed E-state index contributed by atoms with van der Waals surface area (Å²) in [6.45, 7) is 4.38. The van der Waals surface area contributed by atoms with Crippen LogP contribution in [0.5, 0.6) is 5.75 Å². The van der Waals surface area contributed by atoms with Crippen molar-refractivity contribution in [3.63, 3.8) is 0 Å². The Labute approximate surface area is 132 Å². The lowest BCUT2D eigenvalue weighted by atomic mass is 10.3. The summed E-state index contributed by atoms with van der Waals surface area (Å²) in [5.74, 6) is 0.598. The molecule has 0 aliphatic rings. The van der Waals surface area contributed by atoms with E-state index in [1.807, 2.05) is 6.92 Å². The van der Waals surface area contributed by atoms with Crippen molar-refractivity contribution in [2.75, 3.05) is 26.8 Å². The lowest BCUT2D eigenvalue weighted by Gasteiger charge is -2.17. The number of ether oxygens (including phenoxy) is 2. The fraction of sp³-hybridized carbons (Fsp3) is 0.538. The van der Waals surface area contributed by atoms with Crippen molar-refractivity contribution in [1.29, 1.82) is 0 Å². The molecule has 0 spiro atoms. The zero-order valence-electron chi connectivity index (χ0n) is 11.0. The van der Waals surface area contributed by atoms with Gasteiger partial charge in [0, 0.05) is 30.8 Å². The van der Waals surface area contributed by atoms with Gasteiger partial charge in [0.2, 0.25) is 0 Å². The summed E-state index contributed by atoms with van der Waals surface area (Å²) in [5, 5.41) is 4.42. The van der Waals surface area contributed by atoms with Gasteiger partial charge in [0.15, 0.2) is 0 Å². The number of rotatable bonds is 8. The number of benzene rings is 1. The molecule has 0 aliphatic heterocycles. The first-order valence-electron chi connectivity index (χ1n) is 6.05. The van der Waals surface area contributed by atoms with Crippen LogP contribution >= 0.6 is 39.1 Å². The molecule has 0 bridgehead atoms. The summed E-state index contributed by atoms with van der Waals surface area (Å²) >= 11 is 15.4. The Morgan fingerprint density at radius 3 is 2.74 bits per heavy atom. The van der Waals surface area contributed by atoms with E-state index in [0.29, 0.717) is 15.8 Å². The maximum absolute atomic E-state index is 6.10. The van der Waals surface area contributed by atoms with Crippen molar-refractivity contribution in [2.24, 2.45) is 0 Å². The third-order valence-corrected chi connectivity index (χ3v) is 3.93. The fourth-order valence-corrected chi connectivity index (χ4v) is 2.34. The van der Waals surface area contributed by atoms with Crippen LogP contribution in [0, 0.1) is 0 Å². The molecular weight excluding hydrogens is 353 g/mol. The molecule has 0 amide bonds. The molecule has 1 rings (SSSR count). The van der Waals surface area contributed by atoms with Gasteiger partial charge in [-0.25, -0.2) is 0 Å². The maximum atomic E-state index is 6.10. The molecule has 1 aromatic rings. The van der Waals surface area contributed by atoms with E-state index in [0.717, 1.165) is 30.6 Å². The Kier molecular flexibility index (Phi) is 8.11. The Morgan fingerprint density at radius 2 is 2.05 bits per heavy atom. The second kappa shape index (κ2) is 9.03. The van der Waals surface area contributed by atoms with Crippen molar-refractivity contribution >= 4 is 39.1 Å². The first-order chi connectivity index (χ1) is 9.04. The Morgan fingerprint density at radius 1 is 1.32 bits per heavy atom. The molecule has 108 valence electrons. The average Bonchev–Trinajstić information content (AvgIpc) is 2.35. The van der Waals surface area contributed by atoms with E-state index in [4.69, 9.17) is 32.7 Å². The van der Waals surface area contributed by atoms with Crippen LogP contribution in [0.2, 0.25) is 10.0 Å². The zero-order chi connectivity index (χ0) is 14.3. The molecule has 1 atom stereocenters. The normalized spacial score (nSPS) is 12.5. The van der Waals surface area contributed by atoms with Crippen molar-refractivity contribution in [3.8, 4) is 5.75 Å². The molecule has 0 fully saturated rings. The van der Waals surface area contributed by atoms with Crippen LogP contribution in [0.4, 0.5) is 0 Å². The largest absolute Gasteiger partial charge is 0.488 e. The van der Waals surface area contributed by atoms with Crippen LogP contribution < -0.4 is 10.1 Å². The number of nitrogens with one attached hydrogen (secondary N) is 1. The van der Waals surface area contributed by atoms with E-state index in [1.54, 1.807) is 19.2 Å². The Balaban J connectivity index is 2.40. The highest BCUT2D eigenvalue weighted by Gasteiger charge is 2.10. The molecule has 0 heterocycles. The maximum Gasteiger partial charge on any atom is 0.139 e. The molecule has 3 nitrogen and oxygen atoms in total. The van der Waals surface area contributed by atoms with Gasteiger partial charge in [0.1, 0.15) is 11.9 Å². The highest BCUT2D eigenvalue weighted by Crippen LogP contribution is 2.34. The van der Waals surface area contributed by atoms with Gasteiger partial charge in [-0.1, -0.05) is 23.2 Å². The van der Waals surface area contributed by atoms with Gasteiger partial charge in [-0.3, -0.25) is 0 Å². The number of methoxy groups -OCH3 is 1. The minimum absolute atomic E-state index is 0.0114. The summed E-state index contributed by atoms with van der Waals surface area (Å²) in [5.41, 5.74) is 0. The third-order valence-electron chi connectivity index (χ3n) is 2.44. The van der Waals surface area contributed by atoms with Crippen LogP contribution in [0.3, 0.4) is 0 Å². The van der Waals surface area contributed by atoms with Crippen molar-refractivity contribution in [1.82, 2.24) is 5.32 Å². The highest BCUT2D eigenvalue weighted by atomic mass is 79.9. The second-order valence-corrected chi connectivity index (χ2v) is 5.84. The van der Waals surface area contributed by atoms with Gasteiger partial charge < -0.3 is 14.8 Å². The van der Waals surface area contributed by atoms with Crippen molar-refractivity contribution in [2.45, 2.75) is 19.4 Å². The van der Waals surface area contributed by atoms with Gasteiger partial charge in [0.05, 0.1) is 10.0 Å². The van der Waals surface area contributed by atoms with Crippen molar-refractivity contribution < 1.29 is 9.47 Å². The lowest BCUT2D eigenvalue weighted by molar-refractivity contribution is 0.188. The topological polar surface area (TPSA) is 30.5 Å². The standard InChI is InChI=1S/C13H18BrCl2NO2/c1-9(8-17-4-3-5-18-2)19-13-7-11(15)10(14)6-12(13)16/h6-7,9,17H,3-5,8H2,1-2H3. The highest BCUT2D eigenvalue weighted by molar-refractivity contribution is 9.10. The molecule has 0 radical (unpaired) electrons. The summed E-state index contributed by atoms with van der Waals surface area (Å²) in [4.78, 5) is 0. The van der Waals surface area contributed by atoms with Gasteiger partial charge >= 0.3 is 0 Å². The predicted octanol–water partition coefficient (Wildman–Crippen LogP) is 4.15. The van der Waals surface area contributed by atoms with E-state index in [1.165, 1.54) is 0 Å². The number of halogens is 3. The van der Waals surface area contributed by atoms with Gasteiger partial charge in [-0.2, -0.15) is 0 Å². The molecule has 0 saturated heterocycles. The molecule has 6 heteroatoms. The monoisotopic (exact) mass is 369 g/mol. The quantitative estimate of drug-likeness (QED) is 0.550. The molecule has 0 aliphatic carbocycles. The van der Waals surface area contributed by atoms with Crippen LogP contribution in [0.25, 0.3) is 0 Å². The SMILES string of the molecule is COCCCNCC(C)Oc1cc(Cl)c(Br)cc1Cl. The van der Waals surface area contributed by atoms with Gasteiger partial charge in [-0.15, -0.1) is 0 Å². The van der Waals surface area contributed by atoms with E-state index >= 15 is 0 Å². The number of hydrogen-bond acceptors (Lipinski definition) is 3. The fourth-order valence-electron chi connectivity index (χ4n) is 1.50. The number of hydrogen-bond donors (Lipinski definition) is 1. The third kappa shape index (κ3) is 6.32. The summed E-state index contributed by atoms with van der Waals surface area (Å²) in [7, 11) is 1.70. The molecule has 0 aromatic heterocycles. The summed E-state index contributed by atoms with van der Waals surface area (Å²) < 4.78 is 11.5. The van der Waals surface area contributed by atoms with Gasteiger partial charge in [-0.05, 0) is 41.9 Å². The van der Waals surface area contributed by atoms with Crippen LogP contribution in [-0.4, -0.2) is 32.9 Å². The van der Waals surface area contributed by atoms with E-state index in [9.17, 15) is 0 Å². The molecule has 1 aromatic carbocycles. The predicted molar refractivity (Wildman–Crippen MR) is 83.6 cm³/mol. The van der Waals surface area contributed by atoms with Crippen LogP contribution in [-0.2, 0) is 4.74 Å². The molecule has 0 saturated carbocycles. The Bertz CT molecular complexity index is 404. The minimum Gasteiger partial charge on any atom is -0.488 e. The summed E-state index contributed by atoms with van der Waals surface area (Å²) in [6.07, 6.45) is 0.992. The molecule has 19 heavy (non-hydrogen) atoms. The Hall–Kier alpha value is -0.0000000000000000555. The average molecular weight is 371 g/mol. The molecule has 1 N–H and O–H groups in total. The van der Waals surface area contributed by atoms with Gasteiger partial charge in [0.25, 0.3) is 0 Å². The lowest BCUT2D eigenvalue weighted by Crippen LogP contribution is -2.30. The van der Waals surface area contributed by atoms with Crippen LogP contribution in [0.1, 0.15) is 13.3 Å². The smallest absolute Gasteiger partial charge is 0.139 e. The first-order valence-corrected chi connectivity index (χ1v) is 7.60. The van der Waals surface area contributed by atoms with Crippen LogP contribution in [0.15, 0.2) is 16.6 Å². The first kappa shape index (κ1) is 17.1. The van der Waals surface area contributed by atoms with E-state index in [-0.39, 0.29) is 6.10 Å². The second-order valence-electron chi connectivity index (χ2n) is 4.18. The zero-order valence-corrected chi connectivity index (χ0v) is 14.1.